The van der Waals surface area contributed by atoms with Gasteiger partial charge in [-0.2, -0.15) is 5.26 Å². The second-order valence-electron chi connectivity index (χ2n) is 9.29. The maximum atomic E-state index is 11.0. The fourth-order valence-corrected chi connectivity index (χ4v) is 4.78. The number of carboxylic acid groups (broad SMARTS) is 1. The van der Waals surface area contributed by atoms with Crippen molar-refractivity contribution >= 4 is 11.7 Å². The van der Waals surface area contributed by atoms with Crippen LogP contribution >= 0.6 is 0 Å². The molecule has 2 aliphatic rings. The first-order chi connectivity index (χ1) is 15.6. The van der Waals surface area contributed by atoms with Crippen LogP contribution in [0.4, 0.5) is 0 Å². The number of aliphatic imine (C=N–C) groups is 1. The van der Waals surface area contributed by atoms with Crippen molar-refractivity contribution in [2.24, 2.45) is 10.4 Å². The average Bonchev–Trinajstić information content (AvgIpc) is 3.59. The first-order valence-corrected chi connectivity index (χ1v) is 11.5. The molecule has 1 aliphatic heterocycles. The van der Waals surface area contributed by atoms with E-state index in [0.717, 1.165) is 50.9 Å². The molecule has 0 amide bonds. The van der Waals surface area contributed by atoms with Crippen LogP contribution in [0, 0.1) is 16.7 Å². The van der Waals surface area contributed by atoms with Crippen LogP contribution in [-0.2, 0) is 17.6 Å². The largest absolute Gasteiger partial charge is 0.481 e. The zero-order chi connectivity index (χ0) is 22.4. The standard InChI is InChI=1S/C27H31N3O2/c28-14-10-21-6-8-22(9-7-21)19-27(12-16-30(17-13-27)15-11-26(31)32)20-29-25-18-24(25)23-4-2-1-3-5-23/h1-9,24H,10-13,15-20H2,(H,31,32). The Hall–Kier alpha value is -2.97. The van der Waals surface area contributed by atoms with E-state index < -0.39 is 5.97 Å². The van der Waals surface area contributed by atoms with Crippen LogP contribution in [0.5, 0.6) is 0 Å². The number of carbonyl (C=O) groups is 1. The summed E-state index contributed by atoms with van der Waals surface area (Å²) in [5, 5.41) is 17.9. The van der Waals surface area contributed by atoms with Crippen LogP contribution in [0.15, 0.2) is 59.6 Å². The van der Waals surface area contributed by atoms with Crippen molar-refractivity contribution in [3.8, 4) is 6.07 Å². The van der Waals surface area contributed by atoms with Gasteiger partial charge in [0.25, 0.3) is 0 Å². The molecule has 5 heteroatoms. The van der Waals surface area contributed by atoms with E-state index in [1.165, 1.54) is 16.8 Å². The Kier molecular flexibility index (Phi) is 7.02. The molecule has 32 heavy (non-hydrogen) atoms. The lowest BCUT2D eigenvalue weighted by atomic mass is 9.73. The summed E-state index contributed by atoms with van der Waals surface area (Å²) < 4.78 is 0. The zero-order valence-electron chi connectivity index (χ0n) is 18.5. The van der Waals surface area contributed by atoms with Crippen molar-refractivity contribution in [2.45, 2.75) is 44.4 Å². The molecule has 1 saturated carbocycles. The normalized spacial score (nSPS) is 21.2. The van der Waals surface area contributed by atoms with Crippen molar-refractivity contribution in [2.75, 3.05) is 26.2 Å². The minimum absolute atomic E-state index is 0.104. The fourth-order valence-electron chi connectivity index (χ4n) is 4.78. The first kappa shape index (κ1) is 22.2. The topological polar surface area (TPSA) is 76.7 Å². The Labute approximate surface area is 190 Å². The van der Waals surface area contributed by atoms with Gasteiger partial charge in [0, 0.05) is 24.7 Å². The first-order valence-electron chi connectivity index (χ1n) is 11.5. The van der Waals surface area contributed by atoms with Gasteiger partial charge in [-0.05, 0) is 60.9 Å². The third-order valence-corrected chi connectivity index (χ3v) is 6.92. The van der Waals surface area contributed by atoms with E-state index in [1.54, 1.807) is 0 Å². The molecule has 1 N–H and O–H groups in total. The Balaban J connectivity index is 1.44. The lowest BCUT2D eigenvalue weighted by Gasteiger charge is -2.41. The summed E-state index contributed by atoms with van der Waals surface area (Å²) >= 11 is 0. The summed E-state index contributed by atoms with van der Waals surface area (Å²) in [5.41, 5.74) is 5.12. The van der Waals surface area contributed by atoms with E-state index in [1.807, 2.05) is 0 Å². The summed E-state index contributed by atoms with van der Waals surface area (Å²) in [6.07, 6.45) is 4.73. The van der Waals surface area contributed by atoms with Gasteiger partial charge in [0.15, 0.2) is 0 Å². The number of likely N-dealkylation sites (tertiary alicyclic amines) is 1. The molecular formula is C27H31N3O2. The number of aliphatic carboxylic acids is 1. The molecule has 2 aromatic carbocycles. The van der Waals surface area contributed by atoms with Crippen LogP contribution in [0.2, 0.25) is 0 Å². The monoisotopic (exact) mass is 429 g/mol. The zero-order valence-corrected chi connectivity index (χ0v) is 18.5. The molecule has 166 valence electrons. The molecule has 0 bridgehead atoms. The third kappa shape index (κ3) is 5.83. The van der Waals surface area contributed by atoms with Gasteiger partial charge in [0.2, 0.25) is 0 Å². The van der Waals surface area contributed by atoms with Gasteiger partial charge in [0.05, 0.1) is 18.9 Å². The molecule has 2 fully saturated rings. The van der Waals surface area contributed by atoms with Crippen molar-refractivity contribution < 1.29 is 9.90 Å². The minimum Gasteiger partial charge on any atom is -0.481 e. The number of piperidine rings is 1. The highest BCUT2D eigenvalue weighted by Gasteiger charge is 2.37. The van der Waals surface area contributed by atoms with E-state index in [4.69, 9.17) is 15.4 Å². The SMILES string of the molecule is N#CCc1ccc(CC2(CN=C3CC3c3ccccc3)CCN(CCC(=O)O)CC2)cc1. The minimum atomic E-state index is -0.730. The maximum absolute atomic E-state index is 11.0. The lowest BCUT2D eigenvalue weighted by molar-refractivity contribution is -0.137. The summed E-state index contributed by atoms with van der Waals surface area (Å²) in [6.45, 7) is 3.30. The second kappa shape index (κ2) is 10.1. The molecule has 0 aromatic heterocycles. The van der Waals surface area contributed by atoms with Gasteiger partial charge < -0.3 is 10.0 Å². The number of hydrogen-bond donors (Lipinski definition) is 1. The van der Waals surface area contributed by atoms with Crippen molar-refractivity contribution in [1.29, 1.82) is 5.26 Å². The molecule has 0 spiro atoms. The maximum Gasteiger partial charge on any atom is 0.304 e. The number of benzene rings is 2. The molecule has 1 saturated heterocycles. The molecule has 4 rings (SSSR count). The fraction of sp³-hybridized carbons (Fsp3) is 0.444. The number of hydrogen-bond acceptors (Lipinski definition) is 4. The molecule has 1 aliphatic carbocycles. The highest BCUT2D eigenvalue weighted by atomic mass is 16.4. The highest BCUT2D eigenvalue weighted by Crippen LogP contribution is 2.40. The van der Waals surface area contributed by atoms with Gasteiger partial charge >= 0.3 is 5.97 Å². The molecule has 1 unspecified atom stereocenters. The van der Waals surface area contributed by atoms with E-state index in [0.29, 0.717) is 18.9 Å². The van der Waals surface area contributed by atoms with Gasteiger partial charge in [-0.15, -0.1) is 0 Å². The van der Waals surface area contributed by atoms with Crippen LogP contribution in [-0.4, -0.2) is 47.9 Å². The Morgan fingerprint density at radius 3 is 2.44 bits per heavy atom. The van der Waals surface area contributed by atoms with Crippen LogP contribution in [0.25, 0.3) is 0 Å². The summed E-state index contributed by atoms with van der Waals surface area (Å²) in [7, 11) is 0. The van der Waals surface area contributed by atoms with E-state index >= 15 is 0 Å². The molecule has 1 atom stereocenters. The van der Waals surface area contributed by atoms with E-state index in [2.05, 4.69) is 65.6 Å². The van der Waals surface area contributed by atoms with Crippen LogP contribution < -0.4 is 0 Å². The summed E-state index contributed by atoms with van der Waals surface area (Å²) in [5.74, 6) is -0.249. The summed E-state index contributed by atoms with van der Waals surface area (Å²) in [6, 6.07) is 21.3. The molecule has 1 heterocycles. The molecular weight excluding hydrogens is 398 g/mol. The predicted molar refractivity (Wildman–Crippen MR) is 126 cm³/mol. The number of nitriles is 1. The van der Waals surface area contributed by atoms with Crippen LogP contribution in [0.3, 0.4) is 0 Å². The predicted octanol–water partition coefficient (Wildman–Crippen LogP) is 4.48. The van der Waals surface area contributed by atoms with Gasteiger partial charge in [0.1, 0.15) is 0 Å². The lowest BCUT2D eigenvalue weighted by Crippen LogP contribution is -2.43. The van der Waals surface area contributed by atoms with Crippen molar-refractivity contribution in [3.63, 3.8) is 0 Å². The average molecular weight is 430 g/mol. The number of rotatable bonds is 9. The van der Waals surface area contributed by atoms with E-state index in [9.17, 15) is 4.79 Å². The molecule has 0 radical (unpaired) electrons. The molecule has 2 aromatic rings. The van der Waals surface area contributed by atoms with Crippen LogP contribution in [0.1, 0.15) is 48.3 Å². The third-order valence-electron chi connectivity index (χ3n) is 6.92. The van der Waals surface area contributed by atoms with Crippen molar-refractivity contribution in [1.82, 2.24) is 4.90 Å². The van der Waals surface area contributed by atoms with E-state index in [-0.39, 0.29) is 11.8 Å². The number of carboxylic acids is 1. The number of nitrogens with zero attached hydrogens (tertiary/aromatic N) is 3. The molecule has 5 nitrogen and oxygen atoms in total. The second-order valence-corrected chi connectivity index (χ2v) is 9.29. The highest BCUT2D eigenvalue weighted by molar-refractivity contribution is 6.05. The summed E-state index contributed by atoms with van der Waals surface area (Å²) in [4.78, 5) is 18.3. The Bertz CT molecular complexity index is 984. The quantitative estimate of drug-likeness (QED) is 0.638. The van der Waals surface area contributed by atoms with Gasteiger partial charge in [-0.1, -0.05) is 54.6 Å². The van der Waals surface area contributed by atoms with Gasteiger partial charge in [-0.25, -0.2) is 0 Å². The smallest absolute Gasteiger partial charge is 0.304 e. The Morgan fingerprint density at radius 2 is 1.78 bits per heavy atom. The Morgan fingerprint density at radius 1 is 1.09 bits per heavy atom. The van der Waals surface area contributed by atoms with Crippen molar-refractivity contribution in [3.05, 3.63) is 71.3 Å². The van der Waals surface area contributed by atoms with Gasteiger partial charge in [-0.3, -0.25) is 9.79 Å².